The molecule has 0 bridgehead atoms. The van der Waals surface area contributed by atoms with Crippen LogP contribution in [0.3, 0.4) is 0 Å². The van der Waals surface area contributed by atoms with Crippen LogP contribution in [0.25, 0.3) is 5.57 Å². The summed E-state index contributed by atoms with van der Waals surface area (Å²) < 4.78 is 0. The minimum Gasteiger partial charge on any atom is -0.295 e. The van der Waals surface area contributed by atoms with Crippen LogP contribution in [-0.2, 0) is 11.2 Å². The molecule has 3 rings (SSSR count). The van der Waals surface area contributed by atoms with Crippen LogP contribution in [0.5, 0.6) is 0 Å². The van der Waals surface area contributed by atoms with Gasteiger partial charge in [0.05, 0.1) is 5.41 Å². The summed E-state index contributed by atoms with van der Waals surface area (Å²) in [6.07, 6.45) is 10.6. The number of halogens is 1. The SMILES string of the molecule is C#CC12CCC(=O)C=C1c1c(Cl)cccc1CC2. The molecule has 1 unspecified atom stereocenters. The highest BCUT2D eigenvalue weighted by molar-refractivity contribution is 6.32. The molecule has 0 aromatic heterocycles. The number of aryl methyl sites for hydroxylation is 1. The fourth-order valence-corrected chi connectivity index (χ4v) is 3.36. The van der Waals surface area contributed by atoms with E-state index in [4.69, 9.17) is 18.0 Å². The standard InChI is InChI=1S/C16H13ClO/c1-2-16-8-6-11-4-3-5-14(17)15(11)13(16)10-12(18)7-9-16/h1,3-5,10H,6-9H2. The van der Waals surface area contributed by atoms with Crippen molar-refractivity contribution in [1.29, 1.82) is 0 Å². The van der Waals surface area contributed by atoms with Crippen molar-refractivity contribution in [3.05, 3.63) is 40.4 Å². The second kappa shape index (κ2) is 4.00. The summed E-state index contributed by atoms with van der Waals surface area (Å²) in [5.41, 5.74) is 2.88. The highest BCUT2D eigenvalue weighted by Crippen LogP contribution is 2.51. The molecule has 0 N–H and O–H groups in total. The van der Waals surface area contributed by atoms with E-state index in [0.29, 0.717) is 11.4 Å². The summed E-state index contributed by atoms with van der Waals surface area (Å²) in [6, 6.07) is 5.89. The lowest BCUT2D eigenvalue weighted by molar-refractivity contribution is -0.115. The van der Waals surface area contributed by atoms with Crippen molar-refractivity contribution in [1.82, 2.24) is 0 Å². The molecule has 1 aromatic carbocycles. The van der Waals surface area contributed by atoms with Crippen LogP contribution in [0.1, 0.15) is 30.4 Å². The third-order valence-corrected chi connectivity index (χ3v) is 4.40. The Hall–Kier alpha value is -1.52. The first kappa shape index (κ1) is 11.6. The molecule has 2 aliphatic rings. The third-order valence-electron chi connectivity index (χ3n) is 4.09. The summed E-state index contributed by atoms with van der Waals surface area (Å²) in [5, 5.41) is 0.702. The van der Waals surface area contributed by atoms with Crippen molar-refractivity contribution >= 4 is 23.0 Å². The molecule has 1 aromatic rings. The molecule has 2 aliphatic carbocycles. The Morgan fingerprint density at radius 2 is 2.06 bits per heavy atom. The topological polar surface area (TPSA) is 17.1 Å². The van der Waals surface area contributed by atoms with E-state index in [0.717, 1.165) is 30.4 Å². The van der Waals surface area contributed by atoms with Crippen molar-refractivity contribution in [3.8, 4) is 12.3 Å². The molecule has 0 saturated carbocycles. The molecule has 1 nitrogen and oxygen atoms in total. The van der Waals surface area contributed by atoms with E-state index in [9.17, 15) is 4.79 Å². The Bertz CT molecular complexity index is 606. The molecule has 0 heterocycles. The number of hydrogen-bond acceptors (Lipinski definition) is 1. The number of benzene rings is 1. The number of rotatable bonds is 0. The van der Waals surface area contributed by atoms with Gasteiger partial charge in [0, 0.05) is 17.0 Å². The van der Waals surface area contributed by atoms with Gasteiger partial charge in [-0.2, -0.15) is 0 Å². The Morgan fingerprint density at radius 1 is 1.28 bits per heavy atom. The second-order valence-electron chi connectivity index (χ2n) is 5.02. The van der Waals surface area contributed by atoms with E-state index in [1.165, 1.54) is 5.56 Å². The van der Waals surface area contributed by atoms with Gasteiger partial charge in [-0.15, -0.1) is 6.42 Å². The van der Waals surface area contributed by atoms with Crippen LogP contribution >= 0.6 is 11.6 Å². The Balaban J connectivity index is 2.28. The van der Waals surface area contributed by atoms with Crippen LogP contribution in [0, 0.1) is 17.8 Å². The van der Waals surface area contributed by atoms with Crippen molar-refractivity contribution in [3.63, 3.8) is 0 Å². The molecule has 0 aliphatic heterocycles. The average Bonchev–Trinajstić information content (AvgIpc) is 2.39. The number of hydrogen-bond donors (Lipinski definition) is 0. The number of carbonyl (C=O) groups excluding carboxylic acids is 1. The summed E-state index contributed by atoms with van der Waals surface area (Å²) in [6.45, 7) is 0. The fraction of sp³-hybridized carbons (Fsp3) is 0.312. The van der Waals surface area contributed by atoms with Gasteiger partial charge in [0.1, 0.15) is 0 Å². The first-order chi connectivity index (χ1) is 8.66. The predicted molar refractivity (Wildman–Crippen MR) is 73.3 cm³/mol. The average molecular weight is 257 g/mol. The molecule has 2 heteroatoms. The van der Waals surface area contributed by atoms with Crippen molar-refractivity contribution in [2.45, 2.75) is 25.7 Å². The number of ketones is 1. The molecule has 90 valence electrons. The maximum Gasteiger partial charge on any atom is 0.156 e. The molecule has 18 heavy (non-hydrogen) atoms. The van der Waals surface area contributed by atoms with Gasteiger partial charge < -0.3 is 0 Å². The van der Waals surface area contributed by atoms with Crippen LogP contribution in [0.15, 0.2) is 24.3 Å². The Kier molecular flexibility index (Phi) is 2.57. The lowest BCUT2D eigenvalue weighted by Gasteiger charge is -2.39. The molecule has 0 saturated heterocycles. The van der Waals surface area contributed by atoms with Gasteiger partial charge in [0.15, 0.2) is 5.78 Å². The maximum absolute atomic E-state index is 11.7. The van der Waals surface area contributed by atoms with Gasteiger partial charge in [-0.05, 0) is 42.5 Å². The van der Waals surface area contributed by atoms with Crippen LogP contribution in [-0.4, -0.2) is 5.78 Å². The van der Waals surface area contributed by atoms with Crippen molar-refractivity contribution in [2.75, 3.05) is 0 Å². The van der Waals surface area contributed by atoms with E-state index in [1.54, 1.807) is 6.08 Å². The molecular formula is C16H13ClO. The van der Waals surface area contributed by atoms with Gasteiger partial charge in [-0.3, -0.25) is 4.79 Å². The van der Waals surface area contributed by atoms with Crippen LogP contribution < -0.4 is 0 Å². The lowest BCUT2D eigenvalue weighted by atomic mass is 9.63. The maximum atomic E-state index is 11.7. The number of terminal acetylenes is 1. The minimum atomic E-state index is -0.286. The molecule has 0 fully saturated rings. The second-order valence-corrected chi connectivity index (χ2v) is 5.43. The van der Waals surface area contributed by atoms with E-state index in [-0.39, 0.29) is 11.2 Å². The largest absolute Gasteiger partial charge is 0.295 e. The van der Waals surface area contributed by atoms with Crippen LogP contribution in [0.4, 0.5) is 0 Å². The van der Waals surface area contributed by atoms with E-state index >= 15 is 0 Å². The smallest absolute Gasteiger partial charge is 0.156 e. The predicted octanol–water partition coefficient (Wildman–Crippen LogP) is 3.65. The Morgan fingerprint density at radius 3 is 2.83 bits per heavy atom. The highest BCUT2D eigenvalue weighted by Gasteiger charge is 2.41. The van der Waals surface area contributed by atoms with Gasteiger partial charge in [0.2, 0.25) is 0 Å². The molecule has 1 atom stereocenters. The molecule has 0 amide bonds. The third kappa shape index (κ3) is 1.53. The van der Waals surface area contributed by atoms with Gasteiger partial charge in [-0.25, -0.2) is 0 Å². The van der Waals surface area contributed by atoms with Crippen molar-refractivity contribution < 1.29 is 4.79 Å². The van der Waals surface area contributed by atoms with Crippen molar-refractivity contribution in [2.24, 2.45) is 5.41 Å². The summed E-state index contributed by atoms with van der Waals surface area (Å²) in [7, 11) is 0. The van der Waals surface area contributed by atoms with Gasteiger partial charge in [0.25, 0.3) is 0 Å². The van der Waals surface area contributed by atoms with Gasteiger partial charge >= 0.3 is 0 Å². The highest BCUT2D eigenvalue weighted by atomic mass is 35.5. The van der Waals surface area contributed by atoms with Crippen LogP contribution in [0.2, 0.25) is 5.02 Å². The fourth-order valence-electron chi connectivity index (χ4n) is 3.06. The summed E-state index contributed by atoms with van der Waals surface area (Å²) >= 11 is 6.31. The number of fused-ring (bicyclic) bond motifs is 3. The molecule has 0 radical (unpaired) electrons. The Labute approximate surface area is 112 Å². The summed E-state index contributed by atoms with van der Waals surface area (Å²) in [5.74, 6) is 3.09. The zero-order valence-electron chi connectivity index (χ0n) is 10.0. The number of carbonyl (C=O) groups is 1. The minimum absolute atomic E-state index is 0.156. The van der Waals surface area contributed by atoms with Gasteiger partial charge in [-0.1, -0.05) is 29.7 Å². The van der Waals surface area contributed by atoms with E-state index < -0.39 is 0 Å². The molecule has 0 spiro atoms. The lowest BCUT2D eigenvalue weighted by Crippen LogP contribution is -2.30. The number of allylic oxidation sites excluding steroid dienone is 2. The monoisotopic (exact) mass is 256 g/mol. The quantitative estimate of drug-likeness (QED) is 0.648. The molecular weight excluding hydrogens is 244 g/mol. The normalized spacial score (nSPS) is 25.8. The summed E-state index contributed by atoms with van der Waals surface area (Å²) in [4.78, 5) is 11.7. The van der Waals surface area contributed by atoms with E-state index in [1.807, 2.05) is 12.1 Å². The first-order valence-corrected chi connectivity index (χ1v) is 6.55. The zero-order chi connectivity index (χ0) is 12.8. The van der Waals surface area contributed by atoms with E-state index in [2.05, 4.69) is 12.0 Å². The first-order valence-electron chi connectivity index (χ1n) is 6.17. The zero-order valence-corrected chi connectivity index (χ0v) is 10.8.